The van der Waals surface area contributed by atoms with Crippen LogP contribution in [0, 0.1) is 5.92 Å². The number of hydrogen-bond acceptors (Lipinski definition) is 2. The first-order valence-electron chi connectivity index (χ1n) is 4.94. The van der Waals surface area contributed by atoms with Gasteiger partial charge in [0.15, 0.2) is 0 Å². The molecule has 0 radical (unpaired) electrons. The van der Waals surface area contributed by atoms with E-state index < -0.39 is 0 Å². The third-order valence-electron chi connectivity index (χ3n) is 2.44. The third-order valence-corrected chi connectivity index (χ3v) is 2.94. The summed E-state index contributed by atoms with van der Waals surface area (Å²) in [5.74, 6) is 1.63. The Morgan fingerprint density at radius 1 is 1.47 bits per heavy atom. The fraction of sp³-hybridized carbons (Fsp3) is 0.455. The molecule has 1 aromatic rings. The van der Waals surface area contributed by atoms with Gasteiger partial charge in [0.2, 0.25) is 0 Å². The van der Waals surface area contributed by atoms with Crippen LogP contribution in [0.2, 0.25) is 0 Å². The number of ether oxygens (including phenoxy) is 1. The van der Waals surface area contributed by atoms with E-state index in [2.05, 4.69) is 21.2 Å². The topological polar surface area (TPSA) is 21.3 Å². The molecule has 1 atom stereocenters. The summed E-state index contributed by atoms with van der Waals surface area (Å²) in [5, 5.41) is 3.33. The first-order chi connectivity index (χ1) is 6.84. The average molecular weight is 293 g/mol. The van der Waals surface area contributed by atoms with Crippen LogP contribution in [0.3, 0.4) is 0 Å². The van der Waals surface area contributed by atoms with Crippen molar-refractivity contribution in [2.45, 2.75) is 6.42 Å². The largest absolute Gasteiger partial charge is 0.493 e. The van der Waals surface area contributed by atoms with Crippen LogP contribution in [-0.4, -0.2) is 19.7 Å². The number of benzene rings is 1. The van der Waals surface area contributed by atoms with Crippen LogP contribution in [0.15, 0.2) is 28.7 Å². The van der Waals surface area contributed by atoms with E-state index in [1.807, 2.05) is 24.3 Å². The summed E-state index contributed by atoms with van der Waals surface area (Å²) in [6.45, 7) is 3.05. The van der Waals surface area contributed by atoms with Crippen molar-refractivity contribution < 1.29 is 4.74 Å². The second kappa shape index (κ2) is 6.36. The zero-order valence-electron chi connectivity index (χ0n) is 8.41. The Morgan fingerprint density at radius 3 is 3.00 bits per heavy atom. The van der Waals surface area contributed by atoms with Crippen molar-refractivity contribution in [1.82, 2.24) is 5.32 Å². The Labute approximate surface area is 105 Å². The van der Waals surface area contributed by atoms with Gasteiger partial charge in [-0.1, -0.05) is 22.0 Å². The quantitative estimate of drug-likeness (QED) is 0.925. The van der Waals surface area contributed by atoms with Crippen LogP contribution in [-0.2, 0) is 0 Å². The van der Waals surface area contributed by atoms with Crippen molar-refractivity contribution >= 4 is 28.3 Å². The lowest BCUT2D eigenvalue weighted by atomic mass is 10.1. The van der Waals surface area contributed by atoms with Crippen LogP contribution in [0.5, 0.6) is 5.75 Å². The molecule has 1 saturated heterocycles. The molecule has 1 N–H and O–H groups in total. The standard InChI is InChI=1S/C11H14BrNO.ClH/c12-10-2-1-3-11(6-10)14-8-9-4-5-13-7-9;/h1-3,6,9,13H,4-5,7-8H2;1H/t9-;/m0./s1. The highest BCUT2D eigenvalue weighted by atomic mass is 79.9. The van der Waals surface area contributed by atoms with E-state index >= 15 is 0 Å². The van der Waals surface area contributed by atoms with E-state index in [1.54, 1.807) is 0 Å². The van der Waals surface area contributed by atoms with Gasteiger partial charge in [-0.3, -0.25) is 0 Å². The number of rotatable bonds is 3. The lowest BCUT2D eigenvalue weighted by Crippen LogP contribution is -2.15. The Bertz CT molecular complexity index is 302. The first kappa shape index (κ1) is 12.8. The minimum Gasteiger partial charge on any atom is -0.493 e. The maximum Gasteiger partial charge on any atom is 0.120 e. The molecule has 1 aliphatic rings. The van der Waals surface area contributed by atoms with Crippen LogP contribution < -0.4 is 10.1 Å². The van der Waals surface area contributed by atoms with E-state index in [0.29, 0.717) is 5.92 Å². The van der Waals surface area contributed by atoms with Crippen molar-refractivity contribution in [3.63, 3.8) is 0 Å². The van der Waals surface area contributed by atoms with Crippen molar-refractivity contribution in [3.05, 3.63) is 28.7 Å². The molecule has 0 aromatic heterocycles. The Morgan fingerprint density at radius 2 is 2.33 bits per heavy atom. The van der Waals surface area contributed by atoms with Gasteiger partial charge in [0.05, 0.1) is 6.61 Å². The number of nitrogens with one attached hydrogen (secondary N) is 1. The monoisotopic (exact) mass is 291 g/mol. The molecule has 0 aliphatic carbocycles. The van der Waals surface area contributed by atoms with Crippen molar-refractivity contribution in [1.29, 1.82) is 0 Å². The van der Waals surface area contributed by atoms with Crippen LogP contribution in [0.1, 0.15) is 6.42 Å². The molecule has 2 nitrogen and oxygen atoms in total. The summed E-state index contributed by atoms with van der Waals surface area (Å²) in [6, 6.07) is 7.99. The van der Waals surface area contributed by atoms with Gasteiger partial charge in [-0.05, 0) is 31.2 Å². The molecule has 15 heavy (non-hydrogen) atoms. The van der Waals surface area contributed by atoms with E-state index in [4.69, 9.17) is 4.74 Å². The minimum absolute atomic E-state index is 0. The normalized spacial score (nSPS) is 19.7. The fourth-order valence-electron chi connectivity index (χ4n) is 1.63. The van der Waals surface area contributed by atoms with Gasteiger partial charge < -0.3 is 10.1 Å². The summed E-state index contributed by atoms with van der Waals surface area (Å²) in [4.78, 5) is 0. The second-order valence-electron chi connectivity index (χ2n) is 3.63. The lowest BCUT2D eigenvalue weighted by molar-refractivity contribution is 0.260. The maximum atomic E-state index is 5.70. The highest BCUT2D eigenvalue weighted by molar-refractivity contribution is 9.10. The number of halogens is 2. The molecule has 1 aliphatic heterocycles. The predicted octanol–water partition coefficient (Wildman–Crippen LogP) is 2.86. The van der Waals surface area contributed by atoms with Gasteiger partial charge in [-0.15, -0.1) is 12.4 Å². The summed E-state index contributed by atoms with van der Waals surface area (Å²) >= 11 is 3.42. The van der Waals surface area contributed by atoms with E-state index in [9.17, 15) is 0 Å². The van der Waals surface area contributed by atoms with Gasteiger partial charge >= 0.3 is 0 Å². The van der Waals surface area contributed by atoms with Crippen molar-refractivity contribution in [2.24, 2.45) is 5.92 Å². The van der Waals surface area contributed by atoms with Crippen LogP contribution in [0.4, 0.5) is 0 Å². The Balaban J connectivity index is 0.00000112. The summed E-state index contributed by atoms with van der Waals surface area (Å²) in [5.41, 5.74) is 0. The van der Waals surface area contributed by atoms with Gasteiger partial charge in [-0.25, -0.2) is 0 Å². The molecule has 2 rings (SSSR count). The second-order valence-corrected chi connectivity index (χ2v) is 4.54. The highest BCUT2D eigenvalue weighted by Crippen LogP contribution is 2.19. The molecule has 0 bridgehead atoms. The average Bonchev–Trinajstić information content (AvgIpc) is 2.67. The molecule has 1 fully saturated rings. The van der Waals surface area contributed by atoms with E-state index in [1.165, 1.54) is 6.42 Å². The van der Waals surface area contributed by atoms with E-state index in [-0.39, 0.29) is 12.4 Å². The van der Waals surface area contributed by atoms with Crippen molar-refractivity contribution in [2.75, 3.05) is 19.7 Å². The van der Waals surface area contributed by atoms with Gasteiger partial charge in [0, 0.05) is 16.9 Å². The summed E-state index contributed by atoms with van der Waals surface area (Å²) in [6.07, 6.45) is 1.23. The molecule has 4 heteroatoms. The van der Waals surface area contributed by atoms with Crippen LogP contribution >= 0.6 is 28.3 Å². The third kappa shape index (κ3) is 4.01. The molecular weight excluding hydrogens is 277 g/mol. The lowest BCUT2D eigenvalue weighted by Gasteiger charge is -2.10. The minimum atomic E-state index is 0. The smallest absolute Gasteiger partial charge is 0.120 e. The molecule has 84 valence electrons. The molecule has 0 amide bonds. The first-order valence-corrected chi connectivity index (χ1v) is 5.73. The molecule has 0 spiro atoms. The van der Waals surface area contributed by atoms with E-state index in [0.717, 1.165) is 29.9 Å². The molecule has 1 aromatic carbocycles. The Hall–Kier alpha value is -0.250. The molecule has 0 unspecified atom stereocenters. The van der Waals surface area contributed by atoms with Crippen LogP contribution in [0.25, 0.3) is 0 Å². The zero-order valence-corrected chi connectivity index (χ0v) is 10.8. The fourth-order valence-corrected chi connectivity index (χ4v) is 2.01. The van der Waals surface area contributed by atoms with Gasteiger partial charge in [-0.2, -0.15) is 0 Å². The predicted molar refractivity (Wildman–Crippen MR) is 67.9 cm³/mol. The summed E-state index contributed by atoms with van der Waals surface area (Å²) < 4.78 is 6.77. The molecule has 1 heterocycles. The zero-order chi connectivity index (χ0) is 9.80. The number of hydrogen-bond donors (Lipinski definition) is 1. The summed E-state index contributed by atoms with van der Waals surface area (Å²) in [7, 11) is 0. The highest BCUT2D eigenvalue weighted by Gasteiger charge is 2.14. The maximum absolute atomic E-state index is 5.70. The molecular formula is C11H15BrClNO. The SMILES string of the molecule is Brc1cccc(OC[C@H]2CCNC2)c1.Cl. The molecule has 0 saturated carbocycles. The van der Waals surface area contributed by atoms with Gasteiger partial charge in [0.1, 0.15) is 5.75 Å². The Kier molecular flexibility index (Phi) is 5.43. The van der Waals surface area contributed by atoms with Crippen molar-refractivity contribution in [3.8, 4) is 5.75 Å². The van der Waals surface area contributed by atoms with Gasteiger partial charge in [0.25, 0.3) is 0 Å².